The first-order valence-electron chi connectivity index (χ1n) is 40.0. The van der Waals surface area contributed by atoms with Crippen molar-refractivity contribution in [3.63, 3.8) is 0 Å². The van der Waals surface area contributed by atoms with E-state index in [2.05, 4.69) is 130 Å². The molecule has 0 bridgehead atoms. The number of thiophene rings is 5. The fraction of sp³-hybridized carbons (Fsp3) is 0.233. The molecule has 0 saturated carbocycles. The summed E-state index contributed by atoms with van der Waals surface area (Å²) in [6, 6.07) is 30.7. The van der Waals surface area contributed by atoms with Crippen molar-refractivity contribution in [1.29, 1.82) is 5.26 Å². The highest BCUT2D eigenvalue weighted by molar-refractivity contribution is 7.81. The Bertz CT molecular complexity index is 7360. The summed E-state index contributed by atoms with van der Waals surface area (Å²) >= 11 is 34.3. The number of urea groups is 1. The molecule has 3 saturated heterocycles. The molecule has 2 amide bonds. The van der Waals surface area contributed by atoms with Gasteiger partial charge in [-0.05, 0) is 140 Å². The van der Waals surface area contributed by atoms with Crippen LogP contribution in [0.25, 0.3) is 125 Å². The fourth-order valence-corrected chi connectivity index (χ4v) is 18.8. The first-order chi connectivity index (χ1) is 64.6. The average Bonchev–Trinajstić information content (AvgIpc) is 2.21. The number of aromatic nitrogens is 18. The van der Waals surface area contributed by atoms with Crippen molar-refractivity contribution in [1.82, 2.24) is 95.0 Å². The lowest BCUT2D eigenvalue weighted by Gasteiger charge is -2.28. The number of amides is 2. The highest BCUT2D eigenvalue weighted by Gasteiger charge is 2.26. The van der Waals surface area contributed by atoms with Gasteiger partial charge in [0, 0.05) is 152 Å². The number of esters is 2. The smallest absolute Gasteiger partial charge is 0.465 e. The van der Waals surface area contributed by atoms with E-state index in [1.807, 2.05) is 73.1 Å². The van der Waals surface area contributed by atoms with Gasteiger partial charge in [-0.25, -0.2) is 79.2 Å². The zero-order valence-electron chi connectivity index (χ0n) is 70.5. The number of aliphatic hydroxyl groups excluding tert-OH is 1. The number of H-pyrrole nitrogens is 4. The molecule has 0 radical (unpaired) electrons. The number of aliphatic hydroxyl groups is 1. The number of hydrogen-bond acceptors (Lipinski definition) is 38. The molecule has 22 rings (SSSR count). The number of hydrogen-bond donors (Lipinski definition) is 12. The number of pyridine rings is 8. The van der Waals surface area contributed by atoms with Crippen molar-refractivity contribution >= 4 is 278 Å². The Balaban J connectivity index is 0.000000160. The molecule has 0 aromatic carbocycles. The molecule has 135 heavy (non-hydrogen) atoms. The molecular formula is C86H88BCl4N25O13S6. The number of nitrogens with zero attached hydrogens (tertiary/aromatic N) is 17. The Hall–Kier alpha value is -12.6. The van der Waals surface area contributed by atoms with Gasteiger partial charge >= 0.3 is 30.8 Å². The molecule has 49 heteroatoms. The van der Waals surface area contributed by atoms with E-state index < -0.39 is 18.8 Å². The summed E-state index contributed by atoms with van der Waals surface area (Å²) in [6.07, 6.45) is 17.2. The summed E-state index contributed by atoms with van der Waals surface area (Å²) < 4.78 is 28.8. The van der Waals surface area contributed by atoms with Gasteiger partial charge in [0.25, 0.3) is 5.56 Å². The minimum atomic E-state index is -1.44. The molecular weight excluding hydrogens is 1940 g/mol. The summed E-state index contributed by atoms with van der Waals surface area (Å²) in [4.78, 5) is 134. The number of rotatable bonds is 8. The number of ether oxygens (including phenoxy) is 5. The molecule has 0 aliphatic carbocycles. The van der Waals surface area contributed by atoms with E-state index in [0.29, 0.717) is 88.1 Å². The molecule has 38 nitrogen and oxygen atoms in total. The van der Waals surface area contributed by atoms with Crippen LogP contribution in [-0.4, -0.2) is 235 Å². The van der Waals surface area contributed by atoms with Crippen LogP contribution >= 0.6 is 116 Å². The van der Waals surface area contributed by atoms with E-state index in [-0.39, 0.29) is 53.8 Å². The molecule has 3 fully saturated rings. The number of fused-ring (bicyclic) bond motifs is 15. The van der Waals surface area contributed by atoms with Crippen molar-refractivity contribution < 1.29 is 53.2 Å². The summed E-state index contributed by atoms with van der Waals surface area (Å²) in [5.41, 5.74) is 20.5. The quantitative estimate of drug-likeness (QED) is 0.0168. The third-order valence-corrected chi connectivity index (χ3v) is 25.3. The molecule has 3 aliphatic rings. The third kappa shape index (κ3) is 27.0. The van der Waals surface area contributed by atoms with E-state index >= 15 is 0 Å². The van der Waals surface area contributed by atoms with Crippen LogP contribution in [0.4, 0.5) is 22.1 Å². The monoisotopic (exact) mass is 2020 g/mol. The lowest BCUT2D eigenvalue weighted by Crippen LogP contribution is -2.36. The van der Waals surface area contributed by atoms with Crippen molar-refractivity contribution in [3.8, 4) is 17.5 Å². The predicted molar refractivity (Wildman–Crippen MR) is 542 cm³/mol. The van der Waals surface area contributed by atoms with Crippen LogP contribution in [0.5, 0.6) is 0 Å². The molecule has 19 aromatic heterocycles. The number of morpholine rings is 3. The second-order valence-electron chi connectivity index (χ2n) is 26.9. The van der Waals surface area contributed by atoms with Crippen LogP contribution in [-0.2, 0) is 28.5 Å². The van der Waals surface area contributed by atoms with E-state index in [4.69, 9.17) is 106 Å². The average molecular weight is 2020 g/mol. The normalized spacial score (nSPS) is 12.4. The van der Waals surface area contributed by atoms with E-state index in [1.165, 1.54) is 40.2 Å². The molecule has 22 heterocycles. The van der Waals surface area contributed by atoms with Crippen LogP contribution in [0.15, 0.2) is 169 Å². The summed E-state index contributed by atoms with van der Waals surface area (Å²) in [7, 11) is -0.439. The number of carbonyl (C=O) groups excluding carboxylic acids is 3. The molecule has 14 N–H and O–H groups in total. The number of primary amides is 2. The van der Waals surface area contributed by atoms with Gasteiger partial charge in [0.15, 0.2) is 22.6 Å². The van der Waals surface area contributed by atoms with Crippen molar-refractivity contribution in [3.05, 3.63) is 211 Å². The Morgan fingerprint density at radius 2 is 0.978 bits per heavy atom. The first kappa shape index (κ1) is 105. The largest absolute Gasteiger partial charge is 0.489 e. The van der Waals surface area contributed by atoms with E-state index in [0.717, 1.165) is 175 Å². The third-order valence-electron chi connectivity index (χ3n) is 18.5. The minimum absolute atomic E-state index is 0. The first-order valence-corrected chi connectivity index (χ1v) is 46.2. The summed E-state index contributed by atoms with van der Waals surface area (Å²) in [5, 5.41) is 43.9. The van der Waals surface area contributed by atoms with Gasteiger partial charge in [0.1, 0.15) is 56.2 Å². The number of carbonyl (C=O) groups is 3. The van der Waals surface area contributed by atoms with Crippen LogP contribution in [0, 0.1) is 11.3 Å². The molecule has 702 valence electrons. The van der Waals surface area contributed by atoms with Crippen LogP contribution in [0.2, 0.25) is 20.9 Å². The topological polar surface area (TPSA) is 556 Å². The minimum Gasteiger partial charge on any atom is -0.465 e. The van der Waals surface area contributed by atoms with Gasteiger partial charge in [-0.2, -0.15) is 22.9 Å². The Labute approximate surface area is 814 Å². The number of aromatic amines is 4. The molecule has 3 aliphatic heterocycles. The van der Waals surface area contributed by atoms with Crippen molar-refractivity contribution in [2.45, 2.75) is 28.7 Å². The fourth-order valence-electron chi connectivity index (χ4n) is 12.8. The van der Waals surface area contributed by atoms with Crippen LogP contribution in [0.1, 0.15) is 43.9 Å². The molecule has 0 unspecified atom stereocenters. The van der Waals surface area contributed by atoms with Crippen molar-refractivity contribution in [2.75, 3.05) is 121 Å². The van der Waals surface area contributed by atoms with Gasteiger partial charge in [-0.1, -0.05) is 38.1 Å². The number of anilines is 3. The SMILES string of the molecule is C.C.C1COCCN1.CCOC(=O)CS.CCOC(=O)c1sc2ncccc2c1N.CO.Clc1nc(Cl)c2sc3ncccc3c2n1.Clc1nc(N2CCOCC2)c2sc3ncccc3c2n1.N#Cc1cccnc1Cl.NC(N)=O.O=c1[nH]c(=O)c2sc3ncccc3c2[nH]1.OB(O)c1ccnc2[nH]ccc12.c1cnc2sc3c(N4CCOCC4)nc(-c4ccnc5[nH]ccc45)nc3c2c1. The number of thiol groups is 1. The Morgan fingerprint density at radius 1 is 0.526 bits per heavy atom. The number of nitrogens with two attached hydrogens (primary N) is 3. The molecule has 19 aromatic rings. The second-order valence-corrected chi connectivity index (χ2v) is 33.6. The van der Waals surface area contributed by atoms with Gasteiger partial charge < -0.3 is 86.1 Å². The van der Waals surface area contributed by atoms with Crippen molar-refractivity contribution in [2.24, 2.45) is 11.5 Å². The lowest BCUT2D eigenvalue weighted by atomic mass is 9.79. The molecule has 0 atom stereocenters. The maximum absolute atomic E-state index is 11.5. The van der Waals surface area contributed by atoms with E-state index in [1.54, 1.807) is 116 Å². The zero-order valence-corrected chi connectivity index (χ0v) is 78.5. The highest BCUT2D eigenvalue weighted by Crippen LogP contribution is 2.42. The number of nitriles is 1. The maximum Gasteiger partial charge on any atom is 0.489 e. The van der Waals surface area contributed by atoms with Crippen LogP contribution in [0.3, 0.4) is 0 Å². The van der Waals surface area contributed by atoms with E-state index in [9.17, 15) is 19.2 Å². The summed E-state index contributed by atoms with van der Waals surface area (Å²) in [6.45, 7) is 14.3. The Kier molecular flexibility index (Phi) is 40.1. The van der Waals surface area contributed by atoms with Gasteiger partial charge in [0.05, 0.1) is 106 Å². The van der Waals surface area contributed by atoms with Crippen LogP contribution < -0.4 is 49.0 Å². The molecule has 0 spiro atoms. The second kappa shape index (κ2) is 51.8. The zero-order chi connectivity index (χ0) is 94.5. The number of nitrogen functional groups attached to an aromatic ring is 1. The standard InChI is InChI=1S/C20H16N6OS.C13H11ClN4OS.C10H10N2O2S.C9H3Cl2N3S.C9H5N3O2S.C7H7BN2O2.C6H3ClN2.C4H9NO.C4H8O2S.CH4N2O.CH4O.2CH4/c1-2-14-15-16(28-20(14)23-5-1)19(26-8-10-27-11-9-26)25-18(24-15)13-4-7-22-17-12(13)3-6-21-17;14-13-16-9-8-2-1-3-15-12(8)20-10(9)11(17-13)18-4-6-19-7-5-18;1-2-14-10(13)8-7(11)6-4-3-5-12-9(6)15-8;10-7-6-5(13-9(11)14-7)4-2-1-3-12-8(4)15-6;13-7-6-5(11-9(14)12-7)4-2-1-3-10-8(4)15-6;11-8(12)6-2-4-10-7-5(6)1-3-9-7;7-6-5(4-8)2-1-3-9-6;1-3-6-4-2-5-1;1-2-6-4(5)3-7;2-1(3)4;1-2;;/h1-7H,8-11H2,(H,21,22);1-3H,4-7H2;3-5H,2,11H2,1H3;1-3H;1-3H,(H2,11,12,13,14);1-4,11-12H,(H,9,10);1-3H;5H,1-4H2;7H,2-3H2,1H3;(H4,2,3,4);2H,1H3;2*1H4. The summed E-state index contributed by atoms with van der Waals surface area (Å²) in [5.74, 6) is 2.11. The van der Waals surface area contributed by atoms with Gasteiger partial charge in [-0.15, -0.1) is 56.7 Å². The maximum atomic E-state index is 11.5. The number of nitrogens with one attached hydrogen (secondary N) is 5. The predicted octanol–water partition coefficient (Wildman–Crippen LogP) is 13.6. The Morgan fingerprint density at radius 3 is 1.47 bits per heavy atom. The lowest BCUT2D eigenvalue weighted by molar-refractivity contribution is -0.139. The van der Waals surface area contributed by atoms with Gasteiger partial charge in [-0.3, -0.25) is 14.6 Å². The highest BCUT2D eigenvalue weighted by atomic mass is 35.5. The van der Waals surface area contributed by atoms with Gasteiger partial charge in [0.2, 0.25) is 10.6 Å². The number of halogens is 4.